The molecule has 6 heteroatoms. The number of methoxy groups -OCH3 is 1. The molecule has 2 aromatic carbocycles. The Morgan fingerprint density at radius 2 is 2.00 bits per heavy atom. The minimum absolute atomic E-state index is 0.413. The summed E-state index contributed by atoms with van der Waals surface area (Å²) >= 11 is 6.01. The van der Waals surface area contributed by atoms with E-state index in [9.17, 15) is 4.79 Å². The van der Waals surface area contributed by atoms with Gasteiger partial charge in [0.25, 0.3) is 0 Å². The van der Waals surface area contributed by atoms with Gasteiger partial charge in [-0.1, -0.05) is 11.6 Å². The van der Waals surface area contributed by atoms with Crippen LogP contribution >= 0.6 is 11.6 Å². The number of hydrogen-bond acceptors (Lipinski definition) is 5. The summed E-state index contributed by atoms with van der Waals surface area (Å²) in [6.45, 7) is 0. The van der Waals surface area contributed by atoms with Crippen LogP contribution in [0, 0.1) is 0 Å². The predicted molar refractivity (Wildman–Crippen MR) is 89.6 cm³/mol. The van der Waals surface area contributed by atoms with Gasteiger partial charge in [0.15, 0.2) is 6.29 Å². The maximum Gasteiger partial charge on any atom is 0.153 e. The number of hydrogen-bond donors (Lipinski definition) is 1. The fourth-order valence-corrected chi connectivity index (χ4v) is 2.39. The number of carbonyl (C=O) groups is 1. The normalized spacial score (nSPS) is 10.5. The zero-order valence-electron chi connectivity index (χ0n) is 12.2. The molecule has 0 aliphatic carbocycles. The molecule has 0 spiro atoms. The van der Waals surface area contributed by atoms with Crippen molar-refractivity contribution in [3.8, 4) is 17.2 Å². The van der Waals surface area contributed by atoms with Gasteiger partial charge < -0.3 is 15.2 Å². The highest BCUT2D eigenvalue weighted by Gasteiger charge is 2.11. The molecule has 23 heavy (non-hydrogen) atoms. The van der Waals surface area contributed by atoms with E-state index in [4.69, 9.17) is 26.8 Å². The van der Waals surface area contributed by atoms with E-state index in [1.165, 1.54) is 7.11 Å². The largest absolute Gasteiger partial charge is 0.496 e. The summed E-state index contributed by atoms with van der Waals surface area (Å²) in [5, 5.41) is 1.11. The monoisotopic (exact) mass is 328 g/mol. The van der Waals surface area contributed by atoms with E-state index in [-0.39, 0.29) is 0 Å². The summed E-state index contributed by atoms with van der Waals surface area (Å²) in [7, 11) is 1.50. The second kappa shape index (κ2) is 6.14. The average Bonchev–Trinajstić information content (AvgIpc) is 2.57. The van der Waals surface area contributed by atoms with E-state index >= 15 is 0 Å². The van der Waals surface area contributed by atoms with Crippen LogP contribution in [-0.2, 0) is 0 Å². The summed E-state index contributed by atoms with van der Waals surface area (Å²) in [4.78, 5) is 15.5. The number of nitrogens with two attached hydrogens (primary N) is 1. The molecule has 0 bridgehead atoms. The van der Waals surface area contributed by atoms with Gasteiger partial charge in [-0.2, -0.15) is 0 Å². The molecule has 0 amide bonds. The Morgan fingerprint density at radius 3 is 2.70 bits per heavy atom. The number of anilines is 1. The van der Waals surface area contributed by atoms with Gasteiger partial charge in [-0.05, 0) is 24.3 Å². The van der Waals surface area contributed by atoms with Crippen LogP contribution in [0.25, 0.3) is 10.9 Å². The Labute approximate surface area is 137 Å². The molecule has 3 aromatic rings. The lowest BCUT2D eigenvalue weighted by Crippen LogP contribution is -1.94. The van der Waals surface area contributed by atoms with Gasteiger partial charge in [-0.25, -0.2) is 0 Å². The standard InChI is InChI=1S/C17H13ClN2O3/c1-22-17-8-15-12(6-10(17)9-21)16(4-5-20-15)23-11-2-3-14(19)13(18)7-11/h2-9H,19H2,1H3. The molecule has 116 valence electrons. The molecular formula is C17H13ClN2O3. The molecule has 0 atom stereocenters. The maximum absolute atomic E-state index is 11.2. The Kier molecular flexibility index (Phi) is 4.04. The molecule has 0 aliphatic heterocycles. The van der Waals surface area contributed by atoms with Gasteiger partial charge in [0.05, 0.1) is 28.9 Å². The summed E-state index contributed by atoms with van der Waals surface area (Å²) in [5.41, 5.74) is 7.25. The molecule has 1 aromatic heterocycles. The van der Waals surface area contributed by atoms with Crippen LogP contribution in [0.5, 0.6) is 17.2 Å². The van der Waals surface area contributed by atoms with Gasteiger partial charge >= 0.3 is 0 Å². The minimum atomic E-state index is 0.413. The van der Waals surface area contributed by atoms with Gasteiger partial charge in [0, 0.05) is 23.7 Å². The van der Waals surface area contributed by atoms with Crippen molar-refractivity contribution in [2.75, 3.05) is 12.8 Å². The molecule has 0 saturated heterocycles. The number of pyridine rings is 1. The number of benzene rings is 2. The van der Waals surface area contributed by atoms with Crippen molar-refractivity contribution in [2.45, 2.75) is 0 Å². The number of rotatable bonds is 4. The number of carbonyl (C=O) groups excluding carboxylic acids is 1. The van der Waals surface area contributed by atoms with Crippen molar-refractivity contribution in [2.24, 2.45) is 0 Å². The van der Waals surface area contributed by atoms with E-state index in [1.54, 1.807) is 42.6 Å². The summed E-state index contributed by atoms with van der Waals surface area (Å²) in [6.07, 6.45) is 2.35. The van der Waals surface area contributed by atoms with Gasteiger partial charge in [0.1, 0.15) is 17.2 Å². The van der Waals surface area contributed by atoms with Crippen LogP contribution in [0.2, 0.25) is 5.02 Å². The lowest BCUT2D eigenvalue weighted by Gasteiger charge is -2.11. The number of aldehydes is 1. The number of halogens is 1. The van der Waals surface area contributed by atoms with Crippen molar-refractivity contribution >= 4 is 34.5 Å². The summed E-state index contributed by atoms with van der Waals surface area (Å²) in [6, 6.07) is 10.1. The van der Waals surface area contributed by atoms with Crippen LogP contribution < -0.4 is 15.2 Å². The first kappa shape index (κ1) is 15.1. The van der Waals surface area contributed by atoms with Gasteiger partial charge in [-0.3, -0.25) is 9.78 Å². The van der Waals surface area contributed by atoms with Crippen molar-refractivity contribution in [3.05, 3.63) is 53.2 Å². The molecule has 0 aliphatic rings. The smallest absolute Gasteiger partial charge is 0.153 e. The highest BCUT2D eigenvalue weighted by Crippen LogP contribution is 2.34. The minimum Gasteiger partial charge on any atom is -0.496 e. The lowest BCUT2D eigenvalue weighted by molar-refractivity contribution is 0.112. The first-order chi connectivity index (χ1) is 11.1. The lowest BCUT2D eigenvalue weighted by atomic mass is 10.1. The van der Waals surface area contributed by atoms with Crippen molar-refractivity contribution < 1.29 is 14.3 Å². The van der Waals surface area contributed by atoms with E-state index in [1.807, 2.05) is 0 Å². The third-order valence-electron chi connectivity index (χ3n) is 3.38. The Bertz CT molecular complexity index is 896. The zero-order valence-corrected chi connectivity index (χ0v) is 13.0. The molecule has 2 N–H and O–H groups in total. The van der Waals surface area contributed by atoms with E-state index in [0.717, 1.165) is 6.29 Å². The number of fused-ring (bicyclic) bond motifs is 1. The van der Waals surface area contributed by atoms with Crippen LogP contribution in [0.4, 0.5) is 5.69 Å². The zero-order chi connectivity index (χ0) is 16.4. The average molecular weight is 329 g/mol. The van der Waals surface area contributed by atoms with Crippen molar-refractivity contribution in [1.29, 1.82) is 0 Å². The molecule has 0 fully saturated rings. The second-order valence-electron chi connectivity index (χ2n) is 4.82. The maximum atomic E-state index is 11.2. The topological polar surface area (TPSA) is 74.4 Å². The van der Waals surface area contributed by atoms with Crippen LogP contribution in [-0.4, -0.2) is 18.4 Å². The fourth-order valence-electron chi connectivity index (χ4n) is 2.22. The third kappa shape index (κ3) is 2.91. The molecular weight excluding hydrogens is 316 g/mol. The molecule has 0 saturated carbocycles. The molecule has 5 nitrogen and oxygen atoms in total. The highest BCUT2D eigenvalue weighted by molar-refractivity contribution is 6.33. The predicted octanol–water partition coefficient (Wildman–Crippen LogP) is 4.08. The number of ether oxygens (including phenoxy) is 2. The molecule has 0 radical (unpaired) electrons. The van der Waals surface area contributed by atoms with Crippen LogP contribution in [0.1, 0.15) is 10.4 Å². The fraction of sp³-hybridized carbons (Fsp3) is 0.0588. The van der Waals surface area contributed by atoms with Crippen LogP contribution in [0.15, 0.2) is 42.6 Å². The number of nitrogen functional groups attached to an aromatic ring is 1. The Balaban J connectivity index is 2.09. The number of nitrogens with zero attached hydrogens (tertiary/aromatic N) is 1. The molecule has 1 heterocycles. The van der Waals surface area contributed by atoms with Crippen LogP contribution in [0.3, 0.4) is 0 Å². The van der Waals surface area contributed by atoms with E-state index < -0.39 is 0 Å². The second-order valence-corrected chi connectivity index (χ2v) is 5.23. The Hall–Kier alpha value is -2.79. The van der Waals surface area contributed by atoms with Gasteiger partial charge in [0.2, 0.25) is 0 Å². The van der Waals surface area contributed by atoms with E-state index in [0.29, 0.717) is 44.4 Å². The molecule has 0 unspecified atom stereocenters. The Morgan fingerprint density at radius 1 is 1.17 bits per heavy atom. The summed E-state index contributed by atoms with van der Waals surface area (Å²) in [5.74, 6) is 1.56. The number of aromatic nitrogens is 1. The third-order valence-corrected chi connectivity index (χ3v) is 3.71. The molecule has 3 rings (SSSR count). The first-order valence-electron chi connectivity index (χ1n) is 6.77. The highest BCUT2D eigenvalue weighted by atomic mass is 35.5. The van der Waals surface area contributed by atoms with Crippen molar-refractivity contribution in [1.82, 2.24) is 4.98 Å². The quantitative estimate of drug-likeness (QED) is 0.577. The summed E-state index contributed by atoms with van der Waals surface area (Å²) < 4.78 is 11.1. The van der Waals surface area contributed by atoms with Crippen molar-refractivity contribution in [3.63, 3.8) is 0 Å². The van der Waals surface area contributed by atoms with Gasteiger partial charge in [-0.15, -0.1) is 0 Å². The SMILES string of the molecule is COc1cc2nccc(Oc3ccc(N)c(Cl)c3)c2cc1C=O. The van der Waals surface area contributed by atoms with E-state index in [2.05, 4.69) is 4.98 Å². The first-order valence-corrected chi connectivity index (χ1v) is 7.15.